The molecule has 27 heavy (non-hydrogen) atoms. The van der Waals surface area contributed by atoms with Crippen molar-refractivity contribution in [2.24, 2.45) is 0 Å². The molecule has 1 aromatic heterocycles. The fourth-order valence-electron chi connectivity index (χ4n) is 3.18. The molecule has 0 unspecified atom stereocenters. The van der Waals surface area contributed by atoms with Crippen LogP contribution in [0.3, 0.4) is 0 Å². The number of hydrogen-bond donors (Lipinski definition) is 0. The monoisotopic (exact) mass is 353 g/mol. The van der Waals surface area contributed by atoms with Gasteiger partial charge in [-0.2, -0.15) is 0 Å². The van der Waals surface area contributed by atoms with Gasteiger partial charge in [0.25, 0.3) is 0 Å². The van der Waals surface area contributed by atoms with Crippen molar-refractivity contribution in [1.29, 1.82) is 0 Å². The Morgan fingerprint density at radius 1 is 0.815 bits per heavy atom. The lowest BCUT2D eigenvalue weighted by atomic mass is 9.99. The van der Waals surface area contributed by atoms with E-state index in [9.17, 15) is 4.79 Å². The molecule has 0 bridgehead atoms. The molecule has 0 fully saturated rings. The van der Waals surface area contributed by atoms with Gasteiger partial charge in [0.1, 0.15) is 0 Å². The van der Waals surface area contributed by atoms with Gasteiger partial charge in [0.2, 0.25) is 0 Å². The van der Waals surface area contributed by atoms with E-state index in [1.165, 1.54) is 0 Å². The van der Waals surface area contributed by atoms with Crippen LogP contribution in [0.25, 0.3) is 33.2 Å². The van der Waals surface area contributed by atoms with Gasteiger partial charge in [-0.1, -0.05) is 66.7 Å². The Morgan fingerprint density at radius 2 is 1.56 bits per heavy atom. The van der Waals surface area contributed by atoms with E-state index in [0.29, 0.717) is 17.9 Å². The highest BCUT2D eigenvalue weighted by molar-refractivity contribution is 5.98. The van der Waals surface area contributed by atoms with Crippen LogP contribution < -0.4 is 0 Å². The summed E-state index contributed by atoms with van der Waals surface area (Å²) in [6, 6.07) is 26.0. The standard InChI is InChI=1S/C24H19NO2/c1-2-27-24(26)22-15-21(17-8-4-3-5-9-17)16-25-23(22)20-13-12-18-10-6-7-11-19(18)14-20/h3-16H,2H2,1H3. The van der Waals surface area contributed by atoms with Crippen LogP contribution in [0.4, 0.5) is 0 Å². The molecule has 4 rings (SSSR count). The van der Waals surface area contributed by atoms with E-state index in [2.05, 4.69) is 23.2 Å². The zero-order valence-electron chi connectivity index (χ0n) is 15.1. The number of esters is 1. The minimum Gasteiger partial charge on any atom is -0.462 e. The second kappa shape index (κ2) is 7.42. The van der Waals surface area contributed by atoms with Crippen molar-refractivity contribution < 1.29 is 9.53 Å². The number of aromatic nitrogens is 1. The maximum absolute atomic E-state index is 12.6. The topological polar surface area (TPSA) is 39.2 Å². The number of ether oxygens (including phenoxy) is 1. The van der Waals surface area contributed by atoms with E-state index in [4.69, 9.17) is 4.74 Å². The Bertz CT molecular complexity index is 1100. The molecule has 0 saturated carbocycles. The quantitative estimate of drug-likeness (QED) is 0.439. The lowest BCUT2D eigenvalue weighted by Crippen LogP contribution is -2.08. The maximum atomic E-state index is 12.6. The van der Waals surface area contributed by atoms with Gasteiger partial charge in [-0.15, -0.1) is 0 Å². The first-order valence-corrected chi connectivity index (χ1v) is 8.98. The minimum absolute atomic E-state index is 0.325. The maximum Gasteiger partial charge on any atom is 0.340 e. The molecule has 4 aromatic rings. The zero-order valence-corrected chi connectivity index (χ0v) is 15.1. The molecule has 132 valence electrons. The number of pyridine rings is 1. The van der Waals surface area contributed by atoms with Gasteiger partial charge in [0.15, 0.2) is 0 Å². The summed E-state index contributed by atoms with van der Waals surface area (Å²) in [5.41, 5.74) is 3.92. The largest absolute Gasteiger partial charge is 0.462 e. The second-order valence-corrected chi connectivity index (χ2v) is 6.27. The van der Waals surface area contributed by atoms with Crippen molar-refractivity contribution in [2.45, 2.75) is 6.92 Å². The van der Waals surface area contributed by atoms with Gasteiger partial charge in [0.05, 0.1) is 17.9 Å². The summed E-state index contributed by atoms with van der Waals surface area (Å²) in [5.74, 6) is -0.356. The van der Waals surface area contributed by atoms with E-state index < -0.39 is 0 Å². The average Bonchev–Trinajstić information content (AvgIpc) is 2.74. The van der Waals surface area contributed by atoms with Crippen LogP contribution in [0.1, 0.15) is 17.3 Å². The number of rotatable bonds is 4. The molecular weight excluding hydrogens is 334 g/mol. The van der Waals surface area contributed by atoms with Crippen LogP contribution in [-0.4, -0.2) is 17.6 Å². The summed E-state index contributed by atoms with van der Waals surface area (Å²) < 4.78 is 5.29. The number of carbonyl (C=O) groups is 1. The van der Waals surface area contributed by atoms with E-state index in [1.54, 1.807) is 0 Å². The molecule has 0 amide bonds. The Morgan fingerprint density at radius 3 is 2.33 bits per heavy atom. The van der Waals surface area contributed by atoms with Gasteiger partial charge >= 0.3 is 5.97 Å². The Hall–Kier alpha value is -3.46. The first-order chi connectivity index (χ1) is 13.3. The van der Waals surface area contributed by atoms with Crippen LogP contribution in [0, 0.1) is 0 Å². The highest BCUT2D eigenvalue weighted by atomic mass is 16.5. The number of nitrogens with zero attached hydrogens (tertiary/aromatic N) is 1. The molecule has 3 heteroatoms. The van der Waals surface area contributed by atoms with Gasteiger partial charge in [-0.05, 0) is 35.4 Å². The highest BCUT2D eigenvalue weighted by Gasteiger charge is 2.17. The van der Waals surface area contributed by atoms with Crippen molar-refractivity contribution >= 4 is 16.7 Å². The molecule has 0 spiro atoms. The predicted octanol–water partition coefficient (Wildman–Crippen LogP) is 5.75. The van der Waals surface area contributed by atoms with Gasteiger partial charge in [-0.3, -0.25) is 4.98 Å². The number of fused-ring (bicyclic) bond motifs is 1. The van der Waals surface area contributed by atoms with E-state index >= 15 is 0 Å². The van der Waals surface area contributed by atoms with Crippen LogP contribution in [0.5, 0.6) is 0 Å². The van der Waals surface area contributed by atoms with E-state index in [0.717, 1.165) is 27.5 Å². The van der Waals surface area contributed by atoms with Crippen molar-refractivity contribution in [1.82, 2.24) is 4.98 Å². The first-order valence-electron chi connectivity index (χ1n) is 8.98. The van der Waals surface area contributed by atoms with Crippen molar-refractivity contribution in [3.8, 4) is 22.4 Å². The van der Waals surface area contributed by atoms with E-state index in [-0.39, 0.29) is 5.97 Å². The molecule has 3 aromatic carbocycles. The molecular formula is C24H19NO2. The van der Waals surface area contributed by atoms with Crippen LogP contribution in [0.2, 0.25) is 0 Å². The fourth-order valence-corrected chi connectivity index (χ4v) is 3.18. The molecule has 0 radical (unpaired) electrons. The van der Waals surface area contributed by atoms with Crippen molar-refractivity contribution in [3.05, 3.63) is 90.6 Å². The van der Waals surface area contributed by atoms with Crippen molar-refractivity contribution in [2.75, 3.05) is 6.61 Å². The Kier molecular flexibility index (Phi) is 4.67. The fraction of sp³-hybridized carbons (Fsp3) is 0.0833. The highest BCUT2D eigenvalue weighted by Crippen LogP contribution is 2.29. The van der Waals surface area contributed by atoms with Crippen LogP contribution in [0.15, 0.2) is 85.1 Å². The third-order valence-corrected chi connectivity index (χ3v) is 4.51. The Balaban J connectivity index is 1.86. The summed E-state index contributed by atoms with van der Waals surface area (Å²) in [5, 5.41) is 2.26. The Labute approximate surface area is 158 Å². The van der Waals surface area contributed by atoms with Gasteiger partial charge in [-0.25, -0.2) is 4.79 Å². The lowest BCUT2D eigenvalue weighted by molar-refractivity contribution is 0.0527. The minimum atomic E-state index is -0.356. The zero-order chi connectivity index (χ0) is 18.6. The summed E-state index contributed by atoms with van der Waals surface area (Å²) in [7, 11) is 0. The molecule has 0 N–H and O–H groups in total. The SMILES string of the molecule is CCOC(=O)c1cc(-c2ccccc2)cnc1-c1ccc2ccccc2c1. The first kappa shape index (κ1) is 17.0. The normalized spacial score (nSPS) is 10.7. The number of benzene rings is 3. The predicted molar refractivity (Wildman–Crippen MR) is 109 cm³/mol. The summed E-state index contributed by atoms with van der Waals surface area (Å²) in [4.78, 5) is 17.3. The number of hydrogen-bond acceptors (Lipinski definition) is 3. The molecule has 3 nitrogen and oxygen atoms in total. The second-order valence-electron chi connectivity index (χ2n) is 6.27. The van der Waals surface area contributed by atoms with Crippen molar-refractivity contribution in [3.63, 3.8) is 0 Å². The smallest absolute Gasteiger partial charge is 0.340 e. The number of carbonyl (C=O) groups excluding carboxylic acids is 1. The summed E-state index contributed by atoms with van der Waals surface area (Å²) in [6.45, 7) is 2.13. The summed E-state index contributed by atoms with van der Waals surface area (Å²) >= 11 is 0. The molecule has 0 saturated heterocycles. The van der Waals surface area contributed by atoms with Gasteiger partial charge in [0, 0.05) is 17.3 Å². The van der Waals surface area contributed by atoms with Gasteiger partial charge < -0.3 is 4.74 Å². The molecule has 0 aliphatic rings. The van der Waals surface area contributed by atoms with Crippen LogP contribution >= 0.6 is 0 Å². The molecule has 0 aliphatic heterocycles. The van der Waals surface area contributed by atoms with Crippen LogP contribution in [-0.2, 0) is 4.74 Å². The lowest BCUT2D eigenvalue weighted by Gasteiger charge is -2.11. The molecule has 1 heterocycles. The van der Waals surface area contributed by atoms with E-state index in [1.807, 2.05) is 73.8 Å². The average molecular weight is 353 g/mol. The summed E-state index contributed by atoms with van der Waals surface area (Å²) in [6.07, 6.45) is 1.81. The third-order valence-electron chi connectivity index (χ3n) is 4.51. The molecule has 0 aliphatic carbocycles. The molecule has 0 atom stereocenters. The third kappa shape index (κ3) is 3.44.